The third-order valence-corrected chi connectivity index (χ3v) is 4.87. The molecule has 0 saturated carbocycles. The van der Waals surface area contributed by atoms with Crippen molar-refractivity contribution in [3.63, 3.8) is 0 Å². The lowest BCUT2D eigenvalue weighted by Gasteiger charge is -2.25. The maximum atomic E-state index is 12.3. The molecule has 0 aliphatic carbocycles. The van der Waals surface area contributed by atoms with Crippen LogP contribution in [0.5, 0.6) is 5.75 Å². The van der Waals surface area contributed by atoms with Gasteiger partial charge in [0.05, 0.1) is 6.42 Å². The van der Waals surface area contributed by atoms with E-state index in [4.69, 9.17) is 10.5 Å². The van der Waals surface area contributed by atoms with Gasteiger partial charge in [0.2, 0.25) is 11.8 Å². The molecular weight excluding hydrogens is 332 g/mol. The summed E-state index contributed by atoms with van der Waals surface area (Å²) in [4.78, 5) is 26.0. The van der Waals surface area contributed by atoms with E-state index in [1.807, 2.05) is 31.3 Å². The predicted octanol–water partition coefficient (Wildman–Crippen LogP) is 0.282. The van der Waals surface area contributed by atoms with E-state index in [9.17, 15) is 9.59 Å². The number of likely N-dealkylation sites (N-methyl/N-ethyl adjacent to an activating group) is 1. The number of ether oxygens (including phenoxy) is 1. The van der Waals surface area contributed by atoms with E-state index in [2.05, 4.69) is 15.5 Å². The number of benzene rings is 1. The third kappa shape index (κ3) is 6.00. The Balaban J connectivity index is 1.77. The average molecular weight is 362 g/mol. The van der Waals surface area contributed by atoms with Crippen molar-refractivity contribution in [2.75, 3.05) is 33.8 Å². The molecule has 1 aromatic rings. The van der Waals surface area contributed by atoms with Gasteiger partial charge in [0.15, 0.2) is 0 Å². The zero-order chi connectivity index (χ0) is 18.9. The zero-order valence-electron chi connectivity index (χ0n) is 15.7. The summed E-state index contributed by atoms with van der Waals surface area (Å²) in [5, 5.41) is 5.68. The number of nitrogens with zero attached hydrogens (tertiary/aromatic N) is 1. The van der Waals surface area contributed by atoms with Crippen molar-refractivity contribution < 1.29 is 14.3 Å². The highest BCUT2D eigenvalue weighted by atomic mass is 16.5. The van der Waals surface area contributed by atoms with Crippen LogP contribution in [-0.4, -0.2) is 62.6 Å². The maximum Gasteiger partial charge on any atom is 0.224 e. The standard InChI is InChI=1S/C19H30N4O3/c1-21-18(24)12-15-6-7-16(23(15)2)13-22-19(25)11-14-4-3-5-17(10-14)26-9-8-20/h3-5,10,15-16H,6-9,11-13,20H2,1-2H3,(H,21,24)(H,22,25)/t15-,16+/m1/s1. The van der Waals surface area contributed by atoms with Crippen LogP contribution < -0.4 is 21.1 Å². The normalized spacial score (nSPS) is 20.0. The summed E-state index contributed by atoms with van der Waals surface area (Å²) >= 11 is 0. The van der Waals surface area contributed by atoms with Gasteiger partial charge >= 0.3 is 0 Å². The second-order valence-electron chi connectivity index (χ2n) is 6.69. The van der Waals surface area contributed by atoms with Crippen molar-refractivity contribution in [2.45, 2.75) is 37.8 Å². The summed E-state index contributed by atoms with van der Waals surface area (Å²) in [5.74, 6) is 0.778. The molecule has 0 radical (unpaired) electrons. The minimum atomic E-state index is -0.0101. The highest BCUT2D eigenvalue weighted by molar-refractivity contribution is 5.78. The van der Waals surface area contributed by atoms with Gasteiger partial charge in [-0.25, -0.2) is 0 Å². The van der Waals surface area contributed by atoms with Crippen LogP contribution >= 0.6 is 0 Å². The first-order valence-corrected chi connectivity index (χ1v) is 9.14. The molecule has 0 aromatic heterocycles. The monoisotopic (exact) mass is 362 g/mol. The lowest BCUT2D eigenvalue weighted by Crippen LogP contribution is -2.42. The van der Waals surface area contributed by atoms with Crippen LogP contribution in [-0.2, 0) is 16.0 Å². The molecule has 1 aliphatic rings. The molecule has 0 bridgehead atoms. The number of likely N-dealkylation sites (tertiary alicyclic amines) is 1. The Kier molecular flexibility index (Phi) is 7.87. The number of carbonyl (C=O) groups is 2. The quantitative estimate of drug-likeness (QED) is 0.586. The summed E-state index contributed by atoms with van der Waals surface area (Å²) in [6.07, 6.45) is 2.79. The van der Waals surface area contributed by atoms with Gasteiger partial charge in [-0.1, -0.05) is 12.1 Å². The summed E-state index contributed by atoms with van der Waals surface area (Å²) in [5.41, 5.74) is 6.35. The predicted molar refractivity (Wildman–Crippen MR) is 101 cm³/mol. The Bertz CT molecular complexity index is 608. The number of amides is 2. The van der Waals surface area contributed by atoms with Gasteiger partial charge in [-0.05, 0) is 37.6 Å². The van der Waals surface area contributed by atoms with E-state index >= 15 is 0 Å². The molecule has 4 N–H and O–H groups in total. The highest BCUT2D eigenvalue weighted by Crippen LogP contribution is 2.24. The van der Waals surface area contributed by atoms with Crippen molar-refractivity contribution in [2.24, 2.45) is 5.73 Å². The van der Waals surface area contributed by atoms with Crippen LogP contribution in [0.1, 0.15) is 24.8 Å². The Morgan fingerprint density at radius 2 is 2.04 bits per heavy atom. The largest absolute Gasteiger partial charge is 0.492 e. The van der Waals surface area contributed by atoms with Crippen molar-refractivity contribution in [1.82, 2.24) is 15.5 Å². The van der Waals surface area contributed by atoms with Crippen molar-refractivity contribution in [1.29, 1.82) is 0 Å². The molecule has 2 amide bonds. The van der Waals surface area contributed by atoms with Crippen molar-refractivity contribution >= 4 is 11.8 Å². The molecule has 0 spiro atoms. The van der Waals surface area contributed by atoms with Crippen LogP contribution in [0.3, 0.4) is 0 Å². The molecule has 1 aliphatic heterocycles. The van der Waals surface area contributed by atoms with Gasteiger partial charge in [0, 0.05) is 38.6 Å². The Morgan fingerprint density at radius 1 is 1.27 bits per heavy atom. The minimum Gasteiger partial charge on any atom is -0.492 e. The SMILES string of the molecule is CNC(=O)C[C@H]1CC[C@@H](CNC(=O)Cc2cccc(OCCN)c2)N1C. The van der Waals surface area contributed by atoms with Gasteiger partial charge in [0.25, 0.3) is 0 Å². The third-order valence-electron chi connectivity index (χ3n) is 4.87. The molecule has 0 unspecified atom stereocenters. The van der Waals surface area contributed by atoms with E-state index in [0.717, 1.165) is 24.2 Å². The number of rotatable bonds is 9. The smallest absolute Gasteiger partial charge is 0.224 e. The number of hydrogen-bond donors (Lipinski definition) is 3. The Morgan fingerprint density at radius 3 is 2.77 bits per heavy atom. The first-order chi connectivity index (χ1) is 12.5. The molecule has 1 heterocycles. The molecular formula is C19H30N4O3. The number of nitrogens with one attached hydrogen (secondary N) is 2. The highest BCUT2D eigenvalue weighted by Gasteiger charge is 2.31. The molecule has 7 nitrogen and oxygen atoms in total. The fraction of sp³-hybridized carbons (Fsp3) is 0.579. The molecule has 1 fully saturated rings. The lowest BCUT2D eigenvalue weighted by atomic mass is 10.1. The molecule has 1 aromatic carbocycles. The molecule has 26 heavy (non-hydrogen) atoms. The summed E-state index contributed by atoms with van der Waals surface area (Å²) < 4.78 is 5.49. The number of carbonyl (C=O) groups excluding carboxylic acids is 2. The van der Waals surface area contributed by atoms with E-state index in [-0.39, 0.29) is 23.9 Å². The lowest BCUT2D eigenvalue weighted by molar-refractivity contribution is -0.122. The van der Waals surface area contributed by atoms with Crippen LogP contribution in [0.2, 0.25) is 0 Å². The molecule has 144 valence electrons. The minimum absolute atomic E-state index is 0.0101. The summed E-state index contributed by atoms with van der Waals surface area (Å²) in [6, 6.07) is 8.03. The average Bonchev–Trinajstić information content (AvgIpc) is 2.98. The molecule has 2 atom stereocenters. The zero-order valence-corrected chi connectivity index (χ0v) is 15.7. The Hall–Kier alpha value is -2.12. The van der Waals surface area contributed by atoms with Crippen LogP contribution in [0, 0.1) is 0 Å². The van der Waals surface area contributed by atoms with Crippen molar-refractivity contribution in [3.05, 3.63) is 29.8 Å². The van der Waals surface area contributed by atoms with Gasteiger partial charge in [-0.2, -0.15) is 0 Å². The van der Waals surface area contributed by atoms with Crippen LogP contribution in [0.15, 0.2) is 24.3 Å². The van der Waals surface area contributed by atoms with Gasteiger partial charge in [-0.3, -0.25) is 14.5 Å². The van der Waals surface area contributed by atoms with Crippen LogP contribution in [0.4, 0.5) is 0 Å². The van der Waals surface area contributed by atoms with E-state index in [1.165, 1.54) is 0 Å². The van der Waals surface area contributed by atoms with Crippen LogP contribution in [0.25, 0.3) is 0 Å². The van der Waals surface area contributed by atoms with Gasteiger partial charge in [-0.15, -0.1) is 0 Å². The maximum absolute atomic E-state index is 12.3. The number of hydrogen-bond acceptors (Lipinski definition) is 5. The first kappa shape index (κ1) is 20.2. The molecule has 7 heteroatoms. The van der Waals surface area contributed by atoms with E-state index in [1.54, 1.807) is 7.05 Å². The second-order valence-corrected chi connectivity index (χ2v) is 6.69. The summed E-state index contributed by atoms with van der Waals surface area (Å²) in [6.45, 7) is 1.52. The first-order valence-electron chi connectivity index (χ1n) is 9.14. The van der Waals surface area contributed by atoms with Gasteiger partial charge < -0.3 is 21.1 Å². The molecule has 1 saturated heterocycles. The van der Waals surface area contributed by atoms with Gasteiger partial charge in [0.1, 0.15) is 12.4 Å². The molecule has 2 rings (SSSR count). The fourth-order valence-electron chi connectivity index (χ4n) is 3.30. The van der Waals surface area contributed by atoms with E-state index < -0.39 is 0 Å². The topological polar surface area (TPSA) is 96.7 Å². The number of nitrogens with two attached hydrogens (primary N) is 1. The van der Waals surface area contributed by atoms with Crippen molar-refractivity contribution in [3.8, 4) is 5.75 Å². The van der Waals surface area contributed by atoms with E-state index in [0.29, 0.717) is 32.5 Å². The fourth-order valence-corrected chi connectivity index (χ4v) is 3.30. The second kappa shape index (κ2) is 10.1. The summed E-state index contributed by atoms with van der Waals surface area (Å²) in [7, 11) is 3.68. The Labute approximate surface area is 155 Å².